The van der Waals surface area contributed by atoms with E-state index in [4.69, 9.17) is 23.8 Å². The van der Waals surface area contributed by atoms with Crippen LogP contribution in [0.2, 0.25) is 0 Å². The fraction of sp³-hybridized carbons (Fsp3) is 0. The van der Waals surface area contributed by atoms with Gasteiger partial charge in [0.1, 0.15) is 22.3 Å². The van der Waals surface area contributed by atoms with Gasteiger partial charge in [-0.3, -0.25) is 0 Å². The summed E-state index contributed by atoms with van der Waals surface area (Å²) in [5, 5.41) is 11.2. The van der Waals surface area contributed by atoms with Gasteiger partial charge in [-0.15, -0.1) is 0 Å². The summed E-state index contributed by atoms with van der Waals surface area (Å²) < 4.78 is 12.5. The molecular formula is C51H29N3O2. The lowest BCUT2D eigenvalue weighted by Gasteiger charge is -2.12. The largest absolute Gasteiger partial charge is 0.456 e. The molecule has 0 spiro atoms. The molecule has 56 heavy (non-hydrogen) atoms. The van der Waals surface area contributed by atoms with E-state index in [1.165, 1.54) is 5.39 Å². The zero-order chi connectivity index (χ0) is 36.7. The van der Waals surface area contributed by atoms with Crippen LogP contribution in [-0.4, -0.2) is 15.0 Å². The second kappa shape index (κ2) is 11.9. The highest BCUT2D eigenvalue weighted by atomic mass is 16.3. The number of hydrogen-bond acceptors (Lipinski definition) is 5. The minimum absolute atomic E-state index is 0.608. The van der Waals surface area contributed by atoms with Gasteiger partial charge in [0.2, 0.25) is 0 Å². The van der Waals surface area contributed by atoms with Crippen molar-refractivity contribution in [3.63, 3.8) is 0 Å². The van der Waals surface area contributed by atoms with Gasteiger partial charge in [-0.2, -0.15) is 0 Å². The molecule has 12 rings (SSSR count). The Labute approximate surface area is 320 Å². The van der Waals surface area contributed by atoms with Gasteiger partial charge in [-0.1, -0.05) is 127 Å². The van der Waals surface area contributed by atoms with Crippen molar-refractivity contribution in [2.24, 2.45) is 0 Å². The van der Waals surface area contributed by atoms with E-state index >= 15 is 0 Å². The molecule has 3 aromatic heterocycles. The summed E-state index contributed by atoms with van der Waals surface area (Å²) in [6.07, 6.45) is 0. The van der Waals surface area contributed by atoms with Crippen LogP contribution in [0.15, 0.2) is 185 Å². The summed E-state index contributed by atoms with van der Waals surface area (Å²) in [7, 11) is 0. The molecule has 0 amide bonds. The van der Waals surface area contributed by atoms with E-state index in [2.05, 4.69) is 140 Å². The SMILES string of the molecule is c1ccc2cc(-c3nc(-c4ccc5cc6c(cc5c4)oc4ccccc46)nc(-c4ccc5c(-c6cccc7oc8ccccc8c67)cccc5c4)n3)ccc2c1. The fourth-order valence-corrected chi connectivity index (χ4v) is 8.36. The van der Waals surface area contributed by atoms with Crippen LogP contribution in [0, 0.1) is 0 Å². The third-order valence-corrected chi connectivity index (χ3v) is 11.1. The summed E-state index contributed by atoms with van der Waals surface area (Å²) in [4.78, 5) is 15.4. The molecule has 0 saturated carbocycles. The van der Waals surface area contributed by atoms with Gasteiger partial charge in [0.25, 0.3) is 0 Å². The third kappa shape index (κ3) is 4.84. The lowest BCUT2D eigenvalue weighted by Crippen LogP contribution is -2.00. The summed E-state index contributed by atoms with van der Waals surface area (Å²) in [6, 6.07) is 61.2. The summed E-state index contributed by atoms with van der Waals surface area (Å²) in [5.74, 6) is 1.84. The summed E-state index contributed by atoms with van der Waals surface area (Å²) in [6.45, 7) is 0. The smallest absolute Gasteiger partial charge is 0.164 e. The van der Waals surface area contributed by atoms with Gasteiger partial charge < -0.3 is 8.83 Å². The molecule has 5 heteroatoms. The Kier molecular flexibility index (Phi) is 6.56. The number of nitrogens with zero attached hydrogens (tertiary/aromatic N) is 3. The van der Waals surface area contributed by atoms with Crippen molar-refractivity contribution in [1.82, 2.24) is 15.0 Å². The second-order valence-corrected chi connectivity index (χ2v) is 14.4. The molecule has 260 valence electrons. The zero-order valence-corrected chi connectivity index (χ0v) is 29.9. The Morgan fingerprint density at radius 3 is 1.62 bits per heavy atom. The van der Waals surface area contributed by atoms with E-state index in [1.807, 2.05) is 36.4 Å². The maximum atomic E-state index is 6.26. The highest BCUT2D eigenvalue weighted by Gasteiger charge is 2.17. The van der Waals surface area contributed by atoms with Gasteiger partial charge >= 0.3 is 0 Å². The van der Waals surface area contributed by atoms with Crippen LogP contribution < -0.4 is 0 Å². The number of benzene rings is 9. The predicted molar refractivity (Wildman–Crippen MR) is 229 cm³/mol. The molecule has 0 aliphatic carbocycles. The van der Waals surface area contributed by atoms with Crippen LogP contribution in [0.3, 0.4) is 0 Å². The molecular weight excluding hydrogens is 687 g/mol. The number of aromatic nitrogens is 3. The minimum Gasteiger partial charge on any atom is -0.456 e. The monoisotopic (exact) mass is 715 g/mol. The molecule has 3 heterocycles. The molecule has 0 aliphatic heterocycles. The van der Waals surface area contributed by atoms with Crippen LogP contribution in [0.4, 0.5) is 0 Å². The maximum absolute atomic E-state index is 6.26. The quantitative estimate of drug-likeness (QED) is 0.181. The van der Waals surface area contributed by atoms with Crippen LogP contribution in [-0.2, 0) is 0 Å². The first-order valence-electron chi connectivity index (χ1n) is 18.7. The van der Waals surface area contributed by atoms with Crippen molar-refractivity contribution in [2.75, 3.05) is 0 Å². The van der Waals surface area contributed by atoms with Crippen LogP contribution >= 0.6 is 0 Å². The van der Waals surface area contributed by atoms with E-state index < -0.39 is 0 Å². The average molecular weight is 716 g/mol. The molecule has 0 radical (unpaired) electrons. The van der Waals surface area contributed by atoms with Crippen LogP contribution in [0.5, 0.6) is 0 Å². The number of furan rings is 2. The van der Waals surface area contributed by atoms with Crippen molar-refractivity contribution in [3.05, 3.63) is 176 Å². The molecule has 0 fully saturated rings. The Morgan fingerprint density at radius 2 is 0.821 bits per heavy atom. The zero-order valence-electron chi connectivity index (χ0n) is 29.9. The number of para-hydroxylation sites is 2. The number of fused-ring (bicyclic) bond motifs is 9. The van der Waals surface area contributed by atoms with Crippen molar-refractivity contribution >= 4 is 76.2 Å². The molecule has 0 saturated heterocycles. The highest BCUT2D eigenvalue weighted by Crippen LogP contribution is 2.40. The predicted octanol–water partition coefficient (Wildman–Crippen LogP) is 13.8. The highest BCUT2D eigenvalue weighted by molar-refractivity contribution is 6.15. The lowest BCUT2D eigenvalue weighted by molar-refractivity contribution is 0.669. The molecule has 12 aromatic rings. The van der Waals surface area contributed by atoms with Gasteiger partial charge in [0.15, 0.2) is 17.5 Å². The normalized spacial score (nSPS) is 11.9. The Hall–Kier alpha value is -7.63. The Morgan fingerprint density at radius 1 is 0.286 bits per heavy atom. The second-order valence-electron chi connectivity index (χ2n) is 14.4. The Balaban J connectivity index is 1.03. The van der Waals surface area contributed by atoms with Gasteiger partial charge in [0.05, 0.1) is 0 Å². The third-order valence-electron chi connectivity index (χ3n) is 11.1. The van der Waals surface area contributed by atoms with E-state index in [0.717, 1.165) is 98.6 Å². The van der Waals surface area contributed by atoms with E-state index in [-0.39, 0.29) is 0 Å². The van der Waals surface area contributed by atoms with Gasteiger partial charge in [0, 0.05) is 38.2 Å². The maximum Gasteiger partial charge on any atom is 0.164 e. The van der Waals surface area contributed by atoms with Crippen molar-refractivity contribution < 1.29 is 8.83 Å². The molecule has 9 aromatic carbocycles. The van der Waals surface area contributed by atoms with Gasteiger partial charge in [-0.05, 0) is 92.0 Å². The first-order valence-corrected chi connectivity index (χ1v) is 18.7. The summed E-state index contributed by atoms with van der Waals surface area (Å²) >= 11 is 0. The summed E-state index contributed by atoms with van der Waals surface area (Å²) in [5.41, 5.74) is 8.55. The van der Waals surface area contributed by atoms with E-state index in [9.17, 15) is 0 Å². The minimum atomic E-state index is 0.608. The van der Waals surface area contributed by atoms with Crippen molar-refractivity contribution in [2.45, 2.75) is 0 Å². The lowest BCUT2D eigenvalue weighted by atomic mass is 9.94. The first-order chi connectivity index (χ1) is 27.7. The van der Waals surface area contributed by atoms with E-state index in [0.29, 0.717) is 17.5 Å². The van der Waals surface area contributed by atoms with Crippen molar-refractivity contribution in [3.8, 4) is 45.3 Å². The molecule has 0 bridgehead atoms. The standard InChI is InChI=1S/C51H29N3O2/c1-2-10-31-25-34(21-19-30(31)9-1)49-52-50(35-22-20-32-28-43-40-12-3-5-16-44(40)56-47(43)29-37(32)27-35)54-51(53-49)36-23-24-38-33(26-36)11-7-14-39(38)41-15-8-18-46-48(41)42-13-4-6-17-45(42)55-46/h1-29H. The molecule has 0 unspecified atom stereocenters. The number of rotatable bonds is 4. The van der Waals surface area contributed by atoms with Crippen LogP contribution in [0.25, 0.3) is 121 Å². The molecule has 0 N–H and O–H groups in total. The number of hydrogen-bond donors (Lipinski definition) is 0. The first kappa shape index (κ1) is 30.8. The van der Waals surface area contributed by atoms with Gasteiger partial charge in [-0.25, -0.2) is 15.0 Å². The van der Waals surface area contributed by atoms with Crippen molar-refractivity contribution in [1.29, 1.82) is 0 Å². The molecule has 0 atom stereocenters. The van der Waals surface area contributed by atoms with Crippen LogP contribution in [0.1, 0.15) is 0 Å². The topological polar surface area (TPSA) is 65.0 Å². The molecule has 5 nitrogen and oxygen atoms in total. The van der Waals surface area contributed by atoms with E-state index in [1.54, 1.807) is 0 Å². The fourth-order valence-electron chi connectivity index (χ4n) is 8.36. The Bertz CT molecular complexity index is 3560. The molecule has 0 aliphatic rings. The average Bonchev–Trinajstić information content (AvgIpc) is 3.82.